The van der Waals surface area contributed by atoms with Gasteiger partial charge in [0.05, 0.1) is 0 Å². The normalized spacial score (nSPS) is 20.2. The largest absolute Gasteiger partial charge is 0.351 e. The Bertz CT molecular complexity index is 118. The highest BCUT2D eigenvalue weighted by Gasteiger charge is 2.08. The Balaban J connectivity index is 0.00000144. The van der Waals surface area contributed by atoms with Crippen molar-refractivity contribution in [1.29, 1.82) is 0 Å². The number of nitrogens with one attached hydrogen (secondary N) is 1. The molecule has 1 N–H and O–H groups in total. The maximum Gasteiger partial charge on any atom is 0.101 e. The first-order valence-electron chi connectivity index (χ1n) is 4.44. The third-order valence-electron chi connectivity index (χ3n) is 1.83. The molecule has 0 radical (unpaired) electrons. The molecule has 0 amide bonds. The molecule has 1 aliphatic rings. The monoisotopic (exact) mass is 175 g/mol. The van der Waals surface area contributed by atoms with Gasteiger partial charge in [-0.1, -0.05) is 0 Å². The standard InChI is InChI=1S/C8H19N3O.H2/c1-10(2)7-12-8-11-5-3-9-4-6-11;/h9H,3-8H2,1-2H3;1H. The fraction of sp³-hybridized carbons (Fsp3) is 1.00. The average molecular weight is 175 g/mol. The Labute approximate surface area is 76.0 Å². The minimum Gasteiger partial charge on any atom is -0.351 e. The molecule has 0 bridgehead atoms. The Morgan fingerprint density at radius 2 is 2.08 bits per heavy atom. The predicted octanol–water partition coefficient (Wildman–Crippen LogP) is -0.369. The fourth-order valence-electron chi connectivity index (χ4n) is 1.19. The van der Waals surface area contributed by atoms with E-state index in [2.05, 4.69) is 10.2 Å². The Morgan fingerprint density at radius 1 is 1.42 bits per heavy atom. The van der Waals surface area contributed by atoms with Gasteiger partial charge in [0.2, 0.25) is 0 Å². The molecule has 0 atom stereocenters. The van der Waals surface area contributed by atoms with E-state index in [1.807, 2.05) is 19.0 Å². The highest BCUT2D eigenvalue weighted by atomic mass is 16.5. The lowest BCUT2D eigenvalue weighted by Crippen LogP contribution is -2.44. The second kappa shape index (κ2) is 5.48. The third kappa shape index (κ3) is 4.01. The van der Waals surface area contributed by atoms with Gasteiger partial charge in [0, 0.05) is 27.6 Å². The van der Waals surface area contributed by atoms with Crippen molar-refractivity contribution < 1.29 is 6.16 Å². The van der Waals surface area contributed by atoms with Crippen molar-refractivity contribution in [3.05, 3.63) is 0 Å². The number of hydrogen-bond acceptors (Lipinski definition) is 4. The number of rotatable bonds is 4. The first kappa shape index (κ1) is 9.92. The molecule has 12 heavy (non-hydrogen) atoms. The molecule has 0 aliphatic carbocycles. The van der Waals surface area contributed by atoms with Crippen LogP contribution < -0.4 is 5.32 Å². The fourth-order valence-corrected chi connectivity index (χ4v) is 1.19. The van der Waals surface area contributed by atoms with E-state index in [9.17, 15) is 0 Å². The van der Waals surface area contributed by atoms with Gasteiger partial charge in [0.15, 0.2) is 0 Å². The van der Waals surface area contributed by atoms with E-state index in [1.54, 1.807) is 0 Å². The molecule has 0 spiro atoms. The van der Waals surface area contributed by atoms with Crippen molar-refractivity contribution in [2.24, 2.45) is 0 Å². The first-order chi connectivity index (χ1) is 5.79. The highest BCUT2D eigenvalue weighted by Crippen LogP contribution is 1.92. The minimum absolute atomic E-state index is 0. The van der Waals surface area contributed by atoms with E-state index in [1.165, 1.54) is 0 Å². The SMILES string of the molecule is CN(C)COCN1CCNCC1.[HH]. The molecule has 1 fully saturated rings. The molecule has 0 unspecified atom stereocenters. The minimum atomic E-state index is 0. The average Bonchev–Trinajstić information content (AvgIpc) is 2.05. The maximum absolute atomic E-state index is 5.46. The smallest absolute Gasteiger partial charge is 0.101 e. The van der Waals surface area contributed by atoms with Crippen LogP contribution in [0.2, 0.25) is 0 Å². The van der Waals surface area contributed by atoms with Crippen LogP contribution in [0, 0.1) is 0 Å². The van der Waals surface area contributed by atoms with Crippen LogP contribution in [-0.4, -0.2) is 63.5 Å². The Hall–Kier alpha value is -0.160. The van der Waals surface area contributed by atoms with Gasteiger partial charge < -0.3 is 10.1 Å². The summed E-state index contributed by atoms with van der Waals surface area (Å²) in [6, 6.07) is 0. The van der Waals surface area contributed by atoms with Crippen molar-refractivity contribution in [2.45, 2.75) is 0 Å². The summed E-state index contributed by atoms with van der Waals surface area (Å²) in [6.45, 7) is 5.86. The lowest BCUT2D eigenvalue weighted by Gasteiger charge is -2.27. The summed E-state index contributed by atoms with van der Waals surface area (Å²) < 4.78 is 5.46. The number of piperazine rings is 1. The van der Waals surface area contributed by atoms with E-state index in [0.29, 0.717) is 6.73 Å². The van der Waals surface area contributed by atoms with E-state index < -0.39 is 0 Å². The predicted molar refractivity (Wildman–Crippen MR) is 51.1 cm³/mol. The zero-order valence-electron chi connectivity index (χ0n) is 8.05. The molecular weight excluding hydrogens is 154 g/mol. The number of nitrogens with zero attached hydrogens (tertiary/aromatic N) is 2. The van der Waals surface area contributed by atoms with Crippen molar-refractivity contribution in [2.75, 3.05) is 53.7 Å². The molecule has 1 heterocycles. The molecule has 0 aromatic heterocycles. The number of ether oxygens (including phenoxy) is 1. The summed E-state index contributed by atoms with van der Waals surface area (Å²) in [5.41, 5.74) is 0. The summed E-state index contributed by atoms with van der Waals surface area (Å²) in [4.78, 5) is 4.35. The second-order valence-electron chi connectivity index (χ2n) is 3.41. The van der Waals surface area contributed by atoms with Gasteiger partial charge in [-0.3, -0.25) is 9.80 Å². The quantitative estimate of drug-likeness (QED) is 0.590. The lowest BCUT2D eigenvalue weighted by molar-refractivity contribution is -0.0187. The van der Waals surface area contributed by atoms with Crippen LogP contribution in [0.5, 0.6) is 0 Å². The van der Waals surface area contributed by atoms with Crippen LogP contribution in [0.25, 0.3) is 0 Å². The van der Waals surface area contributed by atoms with Crippen LogP contribution in [0.4, 0.5) is 0 Å². The molecule has 74 valence electrons. The Morgan fingerprint density at radius 3 is 2.67 bits per heavy atom. The molecule has 0 aromatic carbocycles. The molecule has 0 saturated carbocycles. The van der Waals surface area contributed by atoms with Crippen LogP contribution in [-0.2, 0) is 4.74 Å². The highest BCUT2D eigenvalue weighted by molar-refractivity contribution is 4.64. The van der Waals surface area contributed by atoms with Crippen molar-refractivity contribution >= 4 is 0 Å². The van der Waals surface area contributed by atoms with Crippen LogP contribution in [0.1, 0.15) is 1.43 Å². The van der Waals surface area contributed by atoms with Crippen molar-refractivity contribution in [3.8, 4) is 0 Å². The zero-order chi connectivity index (χ0) is 8.81. The lowest BCUT2D eigenvalue weighted by atomic mass is 10.4. The van der Waals surface area contributed by atoms with Crippen LogP contribution >= 0.6 is 0 Å². The third-order valence-corrected chi connectivity index (χ3v) is 1.83. The molecule has 1 saturated heterocycles. The summed E-state index contributed by atoms with van der Waals surface area (Å²) in [5, 5.41) is 3.31. The molecule has 4 nitrogen and oxygen atoms in total. The molecule has 1 rings (SSSR count). The van der Waals surface area contributed by atoms with Gasteiger partial charge in [0.25, 0.3) is 0 Å². The van der Waals surface area contributed by atoms with E-state index in [4.69, 9.17) is 4.74 Å². The maximum atomic E-state index is 5.46. The van der Waals surface area contributed by atoms with Crippen molar-refractivity contribution in [3.63, 3.8) is 0 Å². The van der Waals surface area contributed by atoms with E-state index in [0.717, 1.165) is 32.9 Å². The first-order valence-corrected chi connectivity index (χ1v) is 4.44. The zero-order valence-corrected chi connectivity index (χ0v) is 8.05. The molecule has 1 aliphatic heterocycles. The molecule has 0 aromatic rings. The Kier molecular flexibility index (Phi) is 4.53. The van der Waals surface area contributed by atoms with E-state index in [-0.39, 0.29) is 1.43 Å². The topological polar surface area (TPSA) is 27.7 Å². The van der Waals surface area contributed by atoms with Gasteiger partial charge in [0.1, 0.15) is 13.5 Å². The van der Waals surface area contributed by atoms with Gasteiger partial charge in [-0.15, -0.1) is 0 Å². The van der Waals surface area contributed by atoms with Gasteiger partial charge in [-0.25, -0.2) is 0 Å². The molecular formula is C8H21N3O. The second-order valence-corrected chi connectivity index (χ2v) is 3.41. The summed E-state index contributed by atoms with van der Waals surface area (Å²) in [5.74, 6) is 0. The summed E-state index contributed by atoms with van der Waals surface area (Å²) in [7, 11) is 4.02. The number of hydrogen-bond donors (Lipinski definition) is 1. The van der Waals surface area contributed by atoms with Gasteiger partial charge in [-0.2, -0.15) is 0 Å². The van der Waals surface area contributed by atoms with Crippen molar-refractivity contribution in [1.82, 2.24) is 15.1 Å². The van der Waals surface area contributed by atoms with Gasteiger partial charge >= 0.3 is 0 Å². The molecule has 4 heteroatoms. The van der Waals surface area contributed by atoms with Gasteiger partial charge in [-0.05, 0) is 14.1 Å². The van der Waals surface area contributed by atoms with E-state index >= 15 is 0 Å². The van der Waals surface area contributed by atoms with Crippen LogP contribution in [0.15, 0.2) is 0 Å². The summed E-state index contributed by atoms with van der Waals surface area (Å²) in [6.07, 6.45) is 0. The van der Waals surface area contributed by atoms with Crippen LogP contribution in [0.3, 0.4) is 0 Å². The summed E-state index contributed by atoms with van der Waals surface area (Å²) >= 11 is 0.